The van der Waals surface area contributed by atoms with E-state index >= 15 is 0 Å². The summed E-state index contributed by atoms with van der Waals surface area (Å²) >= 11 is 0. The van der Waals surface area contributed by atoms with E-state index in [0.717, 1.165) is 35.9 Å². The first-order chi connectivity index (χ1) is 11.0. The van der Waals surface area contributed by atoms with Crippen LogP contribution in [-0.4, -0.2) is 36.1 Å². The average Bonchev–Trinajstić information content (AvgIpc) is 2.81. The summed E-state index contributed by atoms with van der Waals surface area (Å²) < 4.78 is 0. The highest BCUT2D eigenvalue weighted by Crippen LogP contribution is 2.28. The number of rotatable bonds is 5. The molecule has 0 unspecified atom stereocenters. The summed E-state index contributed by atoms with van der Waals surface area (Å²) in [6.07, 6.45) is 2.95. The van der Waals surface area contributed by atoms with Gasteiger partial charge in [-0.2, -0.15) is 0 Å². The highest BCUT2D eigenvalue weighted by atomic mass is 16.4. The highest BCUT2D eigenvalue weighted by molar-refractivity contribution is 5.98. The molecule has 2 aromatic rings. The number of amides is 1. The minimum absolute atomic E-state index is 0.0192. The number of aromatic amines is 1. The number of nitrogens with zero attached hydrogens (tertiary/aromatic N) is 1. The molecule has 1 aliphatic rings. The third-order valence-corrected chi connectivity index (χ3v) is 4.54. The zero-order valence-electron chi connectivity index (χ0n) is 13.3. The van der Waals surface area contributed by atoms with E-state index in [1.54, 1.807) is 0 Å². The number of anilines is 1. The maximum absolute atomic E-state index is 12.0. The van der Waals surface area contributed by atoms with Gasteiger partial charge in [-0.05, 0) is 31.0 Å². The van der Waals surface area contributed by atoms with Crippen molar-refractivity contribution in [2.45, 2.75) is 25.8 Å². The van der Waals surface area contributed by atoms with Crippen molar-refractivity contribution in [1.29, 1.82) is 0 Å². The summed E-state index contributed by atoms with van der Waals surface area (Å²) in [5.41, 5.74) is 2.52. The smallest absolute Gasteiger partial charge is 0.352 e. The number of benzene rings is 1. The number of carboxylic acid groups (broad SMARTS) is 1. The fraction of sp³-hybridized carbons (Fsp3) is 0.412. The van der Waals surface area contributed by atoms with Crippen molar-refractivity contribution in [3.63, 3.8) is 0 Å². The molecule has 0 aliphatic heterocycles. The van der Waals surface area contributed by atoms with Crippen LogP contribution in [0.1, 0.15) is 35.3 Å². The van der Waals surface area contributed by atoms with Crippen LogP contribution in [0.2, 0.25) is 0 Å². The molecule has 0 atom stereocenters. The largest absolute Gasteiger partial charge is 0.477 e. The molecule has 0 bridgehead atoms. The molecule has 122 valence electrons. The van der Waals surface area contributed by atoms with E-state index in [1.165, 1.54) is 0 Å². The number of H-pyrrole nitrogens is 1. The number of aromatic carboxylic acids is 1. The molecule has 3 N–H and O–H groups in total. The number of carbonyl (C=O) groups excluding carboxylic acids is 1. The van der Waals surface area contributed by atoms with Crippen molar-refractivity contribution < 1.29 is 14.7 Å². The lowest BCUT2D eigenvalue weighted by molar-refractivity contribution is -0.127. The van der Waals surface area contributed by atoms with Gasteiger partial charge >= 0.3 is 5.97 Å². The zero-order chi connectivity index (χ0) is 16.6. The topological polar surface area (TPSA) is 85.4 Å². The Morgan fingerprint density at radius 3 is 2.65 bits per heavy atom. The lowest BCUT2D eigenvalue weighted by Crippen LogP contribution is -2.34. The van der Waals surface area contributed by atoms with Gasteiger partial charge in [0, 0.05) is 48.7 Å². The molecule has 3 rings (SSSR count). The van der Waals surface area contributed by atoms with Crippen LogP contribution in [0, 0.1) is 5.92 Å². The van der Waals surface area contributed by atoms with Gasteiger partial charge in [0.25, 0.3) is 0 Å². The maximum Gasteiger partial charge on any atom is 0.352 e. The average molecular weight is 315 g/mol. The first-order valence-electron chi connectivity index (χ1n) is 7.80. The first-order valence-corrected chi connectivity index (χ1v) is 7.80. The van der Waals surface area contributed by atoms with Crippen LogP contribution in [0.15, 0.2) is 18.2 Å². The Bertz CT molecular complexity index is 760. The summed E-state index contributed by atoms with van der Waals surface area (Å²) in [7, 11) is 3.87. The van der Waals surface area contributed by atoms with Crippen LogP contribution in [0.5, 0.6) is 0 Å². The molecule has 1 aromatic carbocycles. The summed E-state index contributed by atoms with van der Waals surface area (Å²) in [5, 5.41) is 13.1. The van der Waals surface area contributed by atoms with Crippen molar-refractivity contribution in [2.24, 2.45) is 5.92 Å². The van der Waals surface area contributed by atoms with Gasteiger partial charge in [-0.3, -0.25) is 4.79 Å². The van der Waals surface area contributed by atoms with Gasteiger partial charge in [-0.15, -0.1) is 0 Å². The number of hydrogen-bond acceptors (Lipinski definition) is 3. The maximum atomic E-state index is 12.0. The van der Waals surface area contributed by atoms with E-state index in [0.29, 0.717) is 5.56 Å². The lowest BCUT2D eigenvalue weighted by Gasteiger charge is -2.24. The second-order valence-electron chi connectivity index (χ2n) is 6.25. The molecular formula is C17H21N3O3. The molecule has 1 aliphatic carbocycles. The Balaban J connectivity index is 1.94. The van der Waals surface area contributed by atoms with E-state index in [9.17, 15) is 14.7 Å². The minimum atomic E-state index is -1.01. The SMILES string of the molecule is CN(C)c1ccc2[nH]c(C(=O)O)c(CNC(=O)C3CCC3)c2c1. The van der Waals surface area contributed by atoms with Crippen molar-refractivity contribution in [1.82, 2.24) is 10.3 Å². The van der Waals surface area contributed by atoms with Gasteiger partial charge in [0.15, 0.2) is 0 Å². The molecule has 1 saturated carbocycles. The Labute approximate surface area is 134 Å². The highest BCUT2D eigenvalue weighted by Gasteiger charge is 2.26. The monoisotopic (exact) mass is 315 g/mol. The second-order valence-corrected chi connectivity index (χ2v) is 6.25. The predicted molar refractivity (Wildman–Crippen MR) is 88.8 cm³/mol. The summed E-state index contributed by atoms with van der Waals surface area (Å²) in [5.74, 6) is -0.906. The van der Waals surface area contributed by atoms with Crippen LogP contribution >= 0.6 is 0 Å². The number of carboxylic acids is 1. The molecule has 1 fully saturated rings. The number of fused-ring (bicyclic) bond motifs is 1. The molecule has 23 heavy (non-hydrogen) atoms. The van der Waals surface area contributed by atoms with Crippen LogP contribution in [0.3, 0.4) is 0 Å². The van der Waals surface area contributed by atoms with Crippen LogP contribution in [-0.2, 0) is 11.3 Å². The fourth-order valence-electron chi connectivity index (χ4n) is 2.87. The Hall–Kier alpha value is -2.50. The quantitative estimate of drug-likeness (QED) is 0.790. The normalized spacial score (nSPS) is 14.5. The Morgan fingerprint density at radius 2 is 2.09 bits per heavy atom. The van der Waals surface area contributed by atoms with Gasteiger partial charge in [0.2, 0.25) is 5.91 Å². The molecule has 6 heteroatoms. The molecule has 0 radical (unpaired) electrons. The van der Waals surface area contributed by atoms with Gasteiger partial charge in [0.05, 0.1) is 0 Å². The standard InChI is InChI=1S/C17H21N3O3/c1-20(2)11-6-7-14-12(8-11)13(15(19-14)17(22)23)9-18-16(21)10-4-3-5-10/h6-8,10,19H,3-5,9H2,1-2H3,(H,18,21)(H,22,23). The first kappa shape index (κ1) is 15.4. The molecule has 0 saturated heterocycles. The van der Waals surface area contributed by atoms with E-state index in [4.69, 9.17) is 0 Å². The molecule has 6 nitrogen and oxygen atoms in total. The number of aromatic nitrogens is 1. The van der Waals surface area contributed by atoms with Crippen molar-refractivity contribution >= 4 is 28.5 Å². The van der Waals surface area contributed by atoms with E-state index < -0.39 is 5.97 Å². The fourth-order valence-corrected chi connectivity index (χ4v) is 2.87. The van der Waals surface area contributed by atoms with Crippen molar-refractivity contribution in [2.75, 3.05) is 19.0 Å². The van der Waals surface area contributed by atoms with E-state index in [1.807, 2.05) is 37.2 Å². The summed E-state index contributed by atoms with van der Waals surface area (Å²) in [6, 6.07) is 5.75. The van der Waals surface area contributed by atoms with Gasteiger partial charge in [-0.1, -0.05) is 6.42 Å². The Kier molecular flexibility index (Phi) is 3.98. The molecule has 1 aromatic heterocycles. The predicted octanol–water partition coefficient (Wildman–Crippen LogP) is 2.35. The van der Waals surface area contributed by atoms with E-state index in [-0.39, 0.29) is 24.1 Å². The van der Waals surface area contributed by atoms with Gasteiger partial charge < -0.3 is 20.3 Å². The Morgan fingerprint density at radius 1 is 1.35 bits per heavy atom. The van der Waals surface area contributed by atoms with Crippen molar-refractivity contribution in [3.05, 3.63) is 29.5 Å². The zero-order valence-corrected chi connectivity index (χ0v) is 13.3. The number of nitrogens with one attached hydrogen (secondary N) is 2. The molecular weight excluding hydrogens is 294 g/mol. The molecule has 1 amide bonds. The van der Waals surface area contributed by atoms with Crippen LogP contribution < -0.4 is 10.2 Å². The van der Waals surface area contributed by atoms with Gasteiger partial charge in [0.1, 0.15) is 5.69 Å². The summed E-state index contributed by atoms with van der Waals surface area (Å²) in [4.78, 5) is 28.4. The minimum Gasteiger partial charge on any atom is -0.477 e. The third kappa shape index (κ3) is 2.88. The molecule has 1 heterocycles. The van der Waals surface area contributed by atoms with E-state index in [2.05, 4.69) is 10.3 Å². The van der Waals surface area contributed by atoms with Crippen molar-refractivity contribution in [3.8, 4) is 0 Å². The van der Waals surface area contributed by atoms with Gasteiger partial charge in [-0.25, -0.2) is 4.79 Å². The number of hydrogen-bond donors (Lipinski definition) is 3. The third-order valence-electron chi connectivity index (χ3n) is 4.54. The van der Waals surface area contributed by atoms with Crippen LogP contribution in [0.25, 0.3) is 10.9 Å². The second kappa shape index (κ2) is 5.95. The molecule has 0 spiro atoms. The summed E-state index contributed by atoms with van der Waals surface area (Å²) in [6.45, 7) is 0.230. The number of carbonyl (C=O) groups is 2. The van der Waals surface area contributed by atoms with Crippen LogP contribution in [0.4, 0.5) is 5.69 Å². The lowest BCUT2D eigenvalue weighted by atomic mass is 9.85.